The van der Waals surface area contributed by atoms with Crippen molar-refractivity contribution in [2.24, 2.45) is 0 Å². The van der Waals surface area contributed by atoms with Gasteiger partial charge in [0.25, 0.3) is 0 Å². The standard InChI is InChI=1S/C11H14F2O2/c1-11(14,7-15-2)6-8-3-4-9(12)5-10(8)13/h3-5,14H,6-7H2,1-2H3. The minimum Gasteiger partial charge on any atom is -0.387 e. The molecule has 0 aliphatic rings. The number of rotatable bonds is 4. The smallest absolute Gasteiger partial charge is 0.129 e. The van der Waals surface area contributed by atoms with Crippen LogP contribution < -0.4 is 0 Å². The first-order valence-corrected chi connectivity index (χ1v) is 4.60. The lowest BCUT2D eigenvalue weighted by Gasteiger charge is -2.22. The fraction of sp³-hybridized carbons (Fsp3) is 0.455. The maximum Gasteiger partial charge on any atom is 0.129 e. The van der Waals surface area contributed by atoms with Crippen molar-refractivity contribution in [1.29, 1.82) is 0 Å². The van der Waals surface area contributed by atoms with Gasteiger partial charge >= 0.3 is 0 Å². The molecular weight excluding hydrogens is 202 g/mol. The molecule has 1 atom stereocenters. The van der Waals surface area contributed by atoms with Crippen molar-refractivity contribution in [2.75, 3.05) is 13.7 Å². The highest BCUT2D eigenvalue weighted by atomic mass is 19.1. The molecule has 1 rings (SSSR count). The molecule has 2 nitrogen and oxygen atoms in total. The average Bonchev–Trinajstić information content (AvgIpc) is 2.09. The molecule has 0 bridgehead atoms. The van der Waals surface area contributed by atoms with E-state index in [1.807, 2.05) is 0 Å². The molecule has 0 aliphatic carbocycles. The lowest BCUT2D eigenvalue weighted by Crippen LogP contribution is -2.33. The van der Waals surface area contributed by atoms with Crippen LogP contribution in [-0.4, -0.2) is 24.4 Å². The van der Waals surface area contributed by atoms with Crippen LogP contribution in [0.15, 0.2) is 18.2 Å². The van der Waals surface area contributed by atoms with Crippen molar-refractivity contribution in [2.45, 2.75) is 18.9 Å². The van der Waals surface area contributed by atoms with Gasteiger partial charge in [-0.3, -0.25) is 0 Å². The summed E-state index contributed by atoms with van der Waals surface area (Å²) in [5.74, 6) is -1.27. The molecule has 1 N–H and O–H groups in total. The van der Waals surface area contributed by atoms with Crippen molar-refractivity contribution < 1.29 is 18.6 Å². The Hall–Kier alpha value is -1.00. The Morgan fingerprint density at radius 1 is 1.40 bits per heavy atom. The number of hydrogen-bond donors (Lipinski definition) is 1. The molecule has 0 amide bonds. The maximum atomic E-state index is 13.2. The summed E-state index contributed by atoms with van der Waals surface area (Å²) in [7, 11) is 1.45. The van der Waals surface area contributed by atoms with E-state index in [-0.39, 0.29) is 18.6 Å². The van der Waals surface area contributed by atoms with Crippen LogP contribution in [0, 0.1) is 11.6 Å². The molecule has 0 fully saturated rings. The topological polar surface area (TPSA) is 29.5 Å². The van der Waals surface area contributed by atoms with E-state index >= 15 is 0 Å². The van der Waals surface area contributed by atoms with Crippen LogP contribution in [0.25, 0.3) is 0 Å². The molecule has 84 valence electrons. The highest BCUT2D eigenvalue weighted by molar-refractivity contribution is 5.20. The van der Waals surface area contributed by atoms with E-state index in [1.165, 1.54) is 19.2 Å². The van der Waals surface area contributed by atoms with Crippen LogP contribution in [0.3, 0.4) is 0 Å². The maximum absolute atomic E-state index is 13.2. The van der Waals surface area contributed by atoms with Crippen molar-refractivity contribution >= 4 is 0 Å². The van der Waals surface area contributed by atoms with Gasteiger partial charge in [-0.05, 0) is 18.6 Å². The predicted octanol–water partition coefficient (Wildman–Crippen LogP) is 1.90. The molecule has 1 unspecified atom stereocenters. The summed E-state index contributed by atoms with van der Waals surface area (Å²) in [5.41, 5.74) is -0.869. The Kier molecular flexibility index (Phi) is 3.77. The minimum absolute atomic E-state index is 0.0902. The third-order valence-corrected chi connectivity index (χ3v) is 2.04. The molecule has 0 saturated heterocycles. The Morgan fingerprint density at radius 3 is 2.60 bits per heavy atom. The molecule has 0 aliphatic heterocycles. The quantitative estimate of drug-likeness (QED) is 0.833. The van der Waals surface area contributed by atoms with Crippen molar-refractivity contribution in [3.05, 3.63) is 35.4 Å². The summed E-state index contributed by atoms with van der Waals surface area (Å²) < 4.78 is 30.6. The van der Waals surface area contributed by atoms with Gasteiger partial charge in [-0.1, -0.05) is 6.07 Å². The summed E-state index contributed by atoms with van der Waals surface area (Å²) in [6.45, 7) is 1.64. The fourth-order valence-corrected chi connectivity index (χ4v) is 1.44. The normalized spacial score (nSPS) is 15.0. The SMILES string of the molecule is COCC(C)(O)Cc1ccc(F)cc1F. The van der Waals surface area contributed by atoms with Gasteiger partial charge in [0, 0.05) is 19.6 Å². The largest absolute Gasteiger partial charge is 0.387 e. The van der Waals surface area contributed by atoms with Crippen LogP contribution in [-0.2, 0) is 11.2 Å². The Labute approximate surface area is 87.5 Å². The van der Waals surface area contributed by atoms with Gasteiger partial charge in [0.15, 0.2) is 0 Å². The van der Waals surface area contributed by atoms with Crippen LogP contribution in [0.4, 0.5) is 8.78 Å². The molecule has 4 heteroatoms. The molecule has 15 heavy (non-hydrogen) atoms. The van der Waals surface area contributed by atoms with Gasteiger partial charge in [0.05, 0.1) is 12.2 Å². The van der Waals surface area contributed by atoms with E-state index < -0.39 is 17.2 Å². The molecule has 0 saturated carbocycles. The number of hydrogen-bond acceptors (Lipinski definition) is 2. The van der Waals surface area contributed by atoms with Gasteiger partial charge in [-0.25, -0.2) is 8.78 Å². The lowest BCUT2D eigenvalue weighted by atomic mass is 9.97. The van der Waals surface area contributed by atoms with Gasteiger partial charge in [0.1, 0.15) is 11.6 Å². The van der Waals surface area contributed by atoms with Gasteiger partial charge in [0.2, 0.25) is 0 Å². The van der Waals surface area contributed by atoms with E-state index in [9.17, 15) is 13.9 Å². The molecule has 0 spiro atoms. The van der Waals surface area contributed by atoms with Crippen LogP contribution >= 0.6 is 0 Å². The summed E-state index contributed by atoms with van der Waals surface area (Å²) in [4.78, 5) is 0. The number of methoxy groups -OCH3 is 1. The van der Waals surface area contributed by atoms with Crippen LogP contribution in [0.1, 0.15) is 12.5 Å². The number of aliphatic hydroxyl groups is 1. The Balaban J connectivity index is 2.80. The van der Waals surface area contributed by atoms with E-state index in [1.54, 1.807) is 6.92 Å². The molecule has 1 aromatic carbocycles. The highest BCUT2D eigenvalue weighted by Gasteiger charge is 2.22. The second kappa shape index (κ2) is 4.68. The van der Waals surface area contributed by atoms with E-state index in [2.05, 4.69) is 0 Å². The zero-order chi connectivity index (χ0) is 11.5. The van der Waals surface area contributed by atoms with E-state index in [4.69, 9.17) is 4.74 Å². The average molecular weight is 216 g/mol. The first-order chi connectivity index (χ1) is 6.94. The summed E-state index contributed by atoms with van der Waals surface area (Å²) in [5, 5.41) is 9.78. The van der Waals surface area contributed by atoms with Gasteiger partial charge in [-0.2, -0.15) is 0 Å². The zero-order valence-corrected chi connectivity index (χ0v) is 8.76. The van der Waals surface area contributed by atoms with Crippen LogP contribution in [0.2, 0.25) is 0 Å². The zero-order valence-electron chi connectivity index (χ0n) is 8.76. The summed E-state index contributed by atoms with van der Waals surface area (Å²) >= 11 is 0. The Bertz CT molecular complexity index is 337. The van der Waals surface area contributed by atoms with Gasteiger partial charge < -0.3 is 9.84 Å². The van der Waals surface area contributed by atoms with E-state index in [0.29, 0.717) is 0 Å². The second-order valence-electron chi connectivity index (χ2n) is 3.84. The first-order valence-electron chi connectivity index (χ1n) is 4.60. The van der Waals surface area contributed by atoms with Crippen molar-refractivity contribution in [3.63, 3.8) is 0 Å². The van der Waals surface area contributed by atoms with Crippen molar-refractivity contribution in [3.8, 4) is 0 Å². The summed E-state index contributed by atoms with van der Waals surface area (Å²) in [6.07, 6.45) is 0.0902. The number of ether oxygens (including phenoxy) is 1. The fourth-order valence-electron chi connectivity index (χ4n) is 1.44. The third kappa shape index (κ3) is 3.57. The predicted molar refractivity (Wildman–Crippen MR) is 52.6 cm³/mol. The minimum atomic E-state index is -1.15. The molecule has 0 aromatic heterocycles. The Morgan fingerprint density at radius 2 is 2.07 bits per heavy atom. The monoisotopic (exact) mass is 216 g/mol. The van der Waals surface area contributed by atoms with Gasteiger partial charge in [-0.15, -0.1) is 0 Å². The van der Waals surface area contributed by atoms with Crippen molar-refractivity contribution in [1.82, 2.24) is 0 Å². The number of halogens is 2. The molecule has 0 radical (unpaired) electrons. The second-order valence-corrected chi connectivity index (χ2v) is 3.84. The first kappa shape index (κ1) is 12.1. The number of benzene rings is 1. The summed E-state index contributed by atoms with van der Waals surface area (Å²) in [6, 6.07) is 3.30. The lowest BCUT2D eigenvalue weighted by molar-refractivity contribution is -0.0166. The molecule has 1 aromatic rings. The molecule has 0 heterocycles. The third-order valence-electron chi connectivity index (χ3n) is 2.04. The highest BCUT2D eigenvalue weighted by Crippen LogP contribution is 2.17. The van der Waals surface area contributed by atoms with Crippen LogP contribution in [0.5, 0.6) is 0 Å². The molecular formula is C11H14F2O2. The van der Waals surface area contributed by atoms with E-state index in [0.717, 1.165) is 6.07 Å².